The van der Waals surface area contributed by atoms with Gasteiger partial charge in [0.25, 0.3) is 5.91 Å². The predicted molar refractivity (Wildman–Crippen MR) is 126 cm³/mol. The van der Waals surface area contributed by atoms with Crippen molar-refractivity contribution in [2.45, 2.75) is 78.1 Å². The molecule has 7 heteroatoms. The van der Waals surface area contributed by atoms with Gasteiger partial charge in [0.05, 0.1) is 24.0 Å². The molecule has 0 aliphatic carbocycles. The van der Waals surface area contributed by atoms with E-state index in [9.17, 15) is 24.6 Å². The van der Waals surface area contributed by atoms with Crippen LogP contribution in [-0.2, 0) is 19.1 Å². The fraction of sp³-hybridized carbons (Fsp3) is 0.577. The van der Waals surface area contributed by atoms with Gasteiger partial charge in [0.15, 0.2) is 6.10 Å². The average Bonchev–Trinajstić information content (AvgIpc) is 2.78. The Kier molecular flexibility index (Phi) is 9.80. The smallest absolute Gasteiger partial charge is 0.309 e. The highest BCUT2D eigenvalue weighted by Gasteiger charge is 2.42. The zero-order chi connectivity index (χ0) is 24.6. The van der Waals surface area contributed by atoms with Crippen molar-refractivity contribution in [1.29, 1.82) is 0 Å². The van der Waals surface area contributed by atoms with Crippen LogP contribution in [0.1, 0.15) is 59.8 Å². The highest BCUT2D eigenvalue weighted by atomic mass is 16.5. The highest BCUT2D eigenvalue weighted by molar-refractivity contribution is 5.95. The van der Waals surface area contributed by atoms with Crippen molar-refractivity contribution in [1.82, 2.24) is 0 Å². The largest absolute Gasteiger partial charge is 0.452 e. The Morgan fingerprint density at radius 2 is 1.76 bits per heavy atom. The molecule has 0 bridgehead atoms. The van der Waals surface area contributed by atoms with E-state index in [2.05, 4.69) is 5.32 Å². The monoisotopic (exact) mass is 459 g/mol. The van der Waals surface area contributed by atoms with E-state index < -0.39 is 47.9 Å². The first-order chi connectivity index (χ1) is 15.5. The Morgan fingerprint density at radius 3 is 2.42 bits per heavy atom. The fourth-order valence-corrected chi connectivity index (χ4v) is 4.04. The third-order valence-electron chi connectivity index (χ3n) is 6.49. The van der Waals surface area contributed by atoms with Gasteiger partial charge in [0.1, 0.15) is 5.78 Å². The lowest BCUT2D eigenvalue weighted by Gasteiger charge is -2.34. The van der Waals surface area contributed by atoms with Crippen LogP contribution < -0.4 is 5.32 Å². The third kappa shape index (κ3) is 7.51. The van der Waals surface area contributed by atoms with E-state index in [1.165, 1.54) is 0 Å². The Morgan fingerprint density at radius 1 is 1.09 bits per heavy atom. The number of carbonyl (C=O) groups is 3. The predicted octanol–water partition coefficient (Wildman–Crippen LogP) is 3.65. The van der Waals surface area contributed by atoms with Crippen molar-refractivity contribution in [3.8, 4) is 0 Å². The summed E-state index contributed by atoms with van der Waals surface area (Å²) in [5.74, 6) is -2.32. The molecule has 1 aliphatic rings. The second-order valence-electron chi connectivity index (χ2n) is 9.53. The van der Waals surface area contributed by atoms with Crippen LogP contribution in [0.4, 0.5) is 5.69 Å². The number of ether oxygens (including phenoxy) is 1. The molecule has 3 N–H and O–H groups in total. The number of carbonyl (C=O) groups excluding carboxylic acids is 3. The maximum atomic E-state index is 13.1. The van der Waals surface area contributed by atoms with E-state index in [-0.39, 0.29) is 18.1 Å². The van der Waals surface area contributed by atoms with Gasteiger partial charge in [-0.3, -0.25) is 14.4 Å². The Bertz CT molecular complexity index is 834. The number of amides is 1. The molecule has 33 heavy (non-hydrogen) atoms. The van der Waals surface area contributed by atoms with Gasteiger partial charge >= 0.3 is 5.97 Å². The van der Waals surface area contributed by atoms with Crippen LogP contribution in [0.15, 0.2) is 42.5 Å². The standard InChI is InChI=1S/C26H37NO6/c1-17-12-8-5-6-11-15-20(25(32)27-19-13-9-7-10-14-19)33-22(29)16-21(28)26(3,4)24(31)18(2)23(17)30/h6-7,9-11,13-14,17-18,20-21,23,28,30H,5,8,12,15-16H2,1-4H3,(H,27,32)/b11-6+/t17-,18-,20?,21+,23-/m0/s1. The van der Waals surface area contributed by atoms with E-state index in [1.54, 1.807) is 45.0 Å². The molecule has 2 rings (SSSR count). The number of allylic oxidation sites excluding steroid dienone is 1. The molecule has 0 aromatic heterocycles. The normalized spacial score (nSPS) is 30.8. The van der Waals surface area contributed by atoms with E-state index >= 15 is 0 Å². The SMILES string of the molecule is C[C@@H]1C(=O)C(C)(C)[C@H](O)CC(=O)OC(C(=O)Nc2ccccc2)C/C=C/CCC[C@H](C)[C@@H]1O. The second-order valence-corrected chi connectivity index (χ2v) is 9.53. The number of nitrogens with one attached hydrogen (secondary N) is 1. The van der Waals surface area contributed by atoms with Gasteiger partial charge in [0.2, 0.25) is 0 Å². The summed E-state index contributed by atoms with van der Waals surface area (Å²) in [5.41, 5.74) is -0.680. The number of anilines is 1. The van der Waals surface area contributed by atoms with Crippen LogP contribution in [-0.4, -0.2) is 46.2 Å². The molecule has 0 saturated heterocycles. The average molecular weight is 460 g/mol. The molecule has 1 heterocycles. The summed E-state index contributed by atoms with van der Waals surface area (Å²) in [7, 11) is 0. The minimum absolute atomic E-state index is 0.0902. The summed E-state index contributed by atoms with van der Waals surface area (Å²) in [6, 6.07) is 8.87. The minimum atomic E-state index is -1.32. The number of hydrogen-bond donors (Lipinski definition) is 3. The number of aliphatic hydroxyl groups is 2. The van der Waals surface area contributed by atoms with Gasteiger partial charge in [-0.2, -0.15) is 0 Å². The number of esters is 1. The fourth-order valence-electron chi connectivity index (χ4n) is 4.04. The van der Waals surface area contributed by atoms with Crippen molar-refractivity contribution < 1.29 is 29.3 Å². The number of benzene rings is 1. The molecule has 0 radical (unpaired) electrons. The summed E-state index contributed by atoms with van der Waals surface area (Å²) >= 11 is 0. The van der Waals surface area contributed by atoms with Crippen molar-refractivity contribution in [2.24, 2.45) is 17.3 Å². The van der Waals surface area contributed by atoms with E-state index in [4.69, 9.17) is 4.74 Å². The first-order valence-corrected chi connectivity index (χ1v) is 11.6. The van der Waals surface area contributed by atoms with Gasteiger partial charge in [-0.05, 0) is 37.3 Å². The zero-order valence-corrected chi connectivity index (χ0v) is 20.0. The maximum Gasteiger partial charge on any atom is 0.309 e. The van der Waals surface area contributed by atoms with E-state index in [0.717, 1.165) is 19.3 Å². The second kappa shape index (κ2) is 12.1. The Hall–Kier alpha value is -2.51. The number of Topliss-reactive ketones (excluding diaryl/α,β-unsaturated/α-hetero) is 1. The Balaban J connectivity index is 2.22. The lowest BCUT2D eigenvalue weighted by Crippen LogP contribution is -2.46. The van der Waals surface area contributed by atoms with Gasteiger partial charge < -0.3 is 20.3 Å². The molecule has 0 spiro atoms. The third-order valence-corrected chi connectivity index (χ3v) is 6.49. The number of para-hydroxylation sites is 1. The molecule has 0 saturated carbocycles. The molecule has 0 fully saturated rings. The van der Waals surface area contributed by atoms with Gasteiger partial charge in [-0.15, -0.1) is 0 Å². The molecule has 5 atom stereocenters. The summed E-state index contributed by atoms with van der Waals surface area (Å²) in [6.07, 6.45) is 2.56. The van der Waals surface area contributed by atoms with Gasteiger partial charge in [-0.1, -0.05) is 58.0 Å². The van der Waals surface area contributed by atoms with Crippen molar-refractivity contribution in [3.63, 3.8) is 0 Å². The minimum Gasteiger partial charge on any atom is -0.452 e. The van der Waals surface area contributed by atoms with Crippen LogP contribution in [0.2, 0.25) is 0 Å². The first kappa shape index (κ1) is 26.7. The number of ketones is 1. The summed E-state index contributed by atoms with van der Waals surface area (Å²) in [4.78, 5) is 38.4. The molecule has 1 unspecified atom stereocenters. The number of hydrogen-bond acceptors (Lipinski definition) is 6. The summed E-state index contributed by atoms with van der Waals surface area (Å²) in [5, 5.41) is 24.1. The highest BCUT2D eigenvalue weighted by Crippen LogP contribution is 2.32. The summed E-state index contributed by atoms with van der Waals surface area (Å²) in [6.45, 7) is 6.69. The van der Waals surface area contributed by atoms with E-state index in [1.807, 2.05) is 25.1 Å². The van der Waals surface area contributed by atoms with Crippen molar-refractivity contribution in [2.75, 3.05) is 5.32 Å². The zero-order valence-electron chi connectivity index (χ0n) is 20.0. The van der Waals surface area contributed by atoms with Crippen LogP contribution in [0, 0.1) is 17.3 Å². The summed E-state index contributed by atoms with van der Waals surface area (Å²) < 4.78 is 5.43. The van der Waals surface area contributed by atoms with Crippen molar-refractivity contribution in [3.05, 3.63) is 42.5 Å². The maximum absolute atomic E-state index is 13.1. The number of cyclic esters (lactones) is 1. The first-order valence-electron chi connectivity index (χ1n) is 11.6. The Labute approximate surface area is 196 Å². The topological polar surface area (TPSA) is 113 Å². The van der Waals surface area contributed by atoms with Gasteiger partial charge in [-0.25, -0.2) is 0 Å². The molecule has 182 valence electrons. The molecule has 1 amide bonds. The van der Waals surface area contributed by atoms with Crippen LogP contribution in [0.5, 0.6) is 0 Å². The van der Waals surface area contributed by atoms with Crippen molar-refractivity contribution >= 4 is 23.3 Å². The molecule has 1 aromatic carbocycles. The van der Waals surface area contributed by atoms with Crippen LogP contribution >= 0.6 is 0 Å². The van der Waals surface area contributed by atoms with E-state index in [0.29, 0.717) is 5.69 Å². The van der Waals surface area contributed by atoms with Gasteiger partial charge in [0, 0.05) is 18.0 Å². The number of aliphatic hydroxyl groups excluding tert-OH is 2. The number of rotatable bonds is 2. The lowest BCUT2D eigenvalue weighted by molar-refractivity contribution is -0.159. The molecular formula is C26H37NO6. The quantitative estimate of drug-likeness (QED) is 0.460. The van der Waals surface area contributed by atoms with Crippen LogP contribution in [0.3, 0.4) is 0 Å². The lowest BCUT2D eigenvalue weighted by atomic mass is 9.73. The molecule has 7 nitrogen and oxygen atoms in total. The molecule has 1 aliphatic heterocycles. The molecule has 1 aromatic rings. The van der Waals surface area contributed by atoms with Crippen LogP contribution in [0.25, 0.3) is 0 Å². The molecular weight excluding hydrogens is 422 g/mol.